The van der Waals surface area contributed by atoms with Crippen LogP contribution >= 0.6 is 0 Å². The zero-order chi connectivity index (χ0) is 15.6. The highest BCUT2D eigenvalue weighted by Crippen LogP contribution is 2.06. The second kappa shape index (κ2) is 9.44. The number of nitrogens with zero attached hydrogens (tertiary/aromatic N) is 1. The molecule has 6 nitrogen and oxygen atoms in total. The molecule has 1 atom stereocenters. The van der Waals surface area contributed by atoms with Gasteiger partial charge in [0.05, 0.1) is 0 Å². The molecule has 0 aliphatic carbocycles. The first-order valence-electron chi connectivity index (χ1n) is 7.31. The quantitative estimate of drug-likeness (QED) is 0.493. The molecule has 6 heteroatoms. The van der Waals surface area contributed by atoms with Crippen molar-refractivity contribution in [3.05, 3.63) is 0 Å². The van der Waals surface area contributed by atoms with E-state index in [0.29, 0.717) is 19.0 Å². The van der Waals surface area contributed by atoms with Gasteiger partial charge in [0.25, 0.3) is 0 Å². The first-order chi connectivity index (χ1) is 9.28. The number of nitrogens with one attached hydrogen (secondary N) is 2. The van der Waals surface area contributed by atoms with E-state index in [9.17, 15) is 4.79 Å². The minimum absolute atomic E-state index is 0.0674. The summed E-state index contributed by atoms with van der Waals surface area (Å²) in [6.45, 7) is 10.7. The number of alkyl carbamates (subject to hydrolysis) is 1. The van der Waals surface area contributed by atoms with Crippen molar-refractivity contribution in [3.8, 4) is 0 Å². The van der Waals surface area contributed by atoms with E-state index in [4.69, 9.17) is 10.5 Å². The van der Waals surface area contributed by atoms with Gasteiger partial charge in [-0.3, -0.25) is 4.99 Å². The number of hydrogen-bond acceptors (Lipinski definition) is 3. The number of amides is 1. The average molecular weight is 286 g/mol. The van der Waals surface area contributed by atoms with Crippen molar-refractivity contribution in [1.82, 2.24) is 10.6 Å². The Bertz CT molecular complexity index is 311. The summed E-state index contributed by atoms with van der Waals surface area (Å²) in [5.41, 5.74) is 5.27. The monoisotopic (exact) mass is 286 g/mol. The Labute approximate surface area is 122 Å². The predicted octanol–water partition coefficient (Wildman–Crippen LogP) is 1.99. The molecule has 1 amide bonds. The third-order valence-electron chi connectivity index (χ3n) is 2.48. The van der Waals surface area contributed by atoms with Gasteiger partial charge in [-0.25, -0.2) is 4.79 Å². The molecule has 0 aromatic carbocycles. The molecule has 0 heterocycles. The number of unbranched alkanes of at least 4 members (excludes halogenated alkanes) is 1. The molecule has 0 rings (SSSR count). The van der Waals surface area contributed by atoms with Crippen LogP contribution < -0.4 is 16.4 Å². The molecule has 118 valence electrons. The maximum absolute atomic E-state index is 11.6. The number of rotatable bonds is 7. The minimum Gasteiger partial charge on any atom is -0.444 e. The maximum atomic E-state index is 11.6. The number of carbonyl (C=O) groups is 1. The number of ether oxygens (including phenoxy) is 1. The van der Waals surface area contributed by atoms with Gasteiger partial charge in [0.1, 0.15) is 5.60 Å². The van der Waals surface area contributed by atoms with Crippen molar-refractivity contribution >= 4 is 12.1 Å². The Balaban J connectivity index is 4.28. The fourth-order valence-electron chi connectivity index (χ4n) is 1.62. The first kappa shape index (κ1) is 18.5. The normalized spacial score (nSPS) is 13.8. The largest absolute Gasteiger partial charge is 0.444 e. The van der Waals surface area contributed by atoms with Gasteiger partial charge in [0, 0.05) is 19.1 Å². The lowest BCUT2D eigenvalue weighted by Gasteiger charge is -2.23. The van der Waals surface area contributed by atoms with Crippen LogP contribution in [0.25, 0.3) is 0 Å². The molecular formula is C14H30N4O2. The topological polar surface area (TPSA) is 88.7 Å². The molecular weight excluding hydrogens is 256 g/mol. The summed E-state index contributed by atoms with van der Waals surface area (Å²) < 4.78 is 5.21. The van der Waals surface area contributed by atoms with Gasteiger partial charge >= 0.3 is 6.09 Å². The lowest BCUT2D eigenvalue weighted by molar-refractivity contribution is 0.0523. The summed E-state index contributed by atoms with van der Waals surface area (Å²) >= 11 is 0. The summed E-state index contributed by atoms with van der Waals surface area (Å²) in [6, 6.07) is 0.0674. The molecule has 1 unspecified atom stereocenters. The van der Waals surface area contributed by atoms with Crippen molar-refractivity contribution < 1.29 is 9.53 Å². The predicted molar refractivity (Wildman–Crippen MR) is 82.8 cm³/mol. The van der Waals surface area contributed by atoms with Crippen LogP contribution in [0.15, 0.2) is 4.99 Å². The van der Waals surface area contributed by atoms with Crippen LogP contribution in [0.4, 0.5) is 4.79 Å². The molecule has 0 bridgehead atoms. The molecule has 0 fully saturated rings. The zero-order valence-corrected chi connectivity index (χ0v) is 13.5. The van der Waals surface area contributed by atoms with Crippen LogP contribution in [0.3, 0.4) is 0 Å². The number of nitrogens with two attached hydrogens (primary N) is 1. The van der Waals surface area contributed by atoms with Crippen molar-refractivity contribution in [3.63, 3.8) is 0 Å². The van der Waals surface area contributed by atoms with Gasteiger partial charge in [0.15, 0.2) is 5.96 Å². The second-order valence-corrected chi connectivity index (χ2v) is 5.73. The third-order valence-corrected chi connectivity index (χ3v) is 2.48. The van der Waals surface area contributed by atoms with E-state index >= 15 is 0 Å². The van der Waals surface area contributed by atoms with Gasteiger partial charge < -0.3 is 21.1 Å². The standard InChI is InChI=1S/C14H30N4O2/c1-6-8-9-11(18-12(15)16-7-2)10-17-13(19)20-14(3,4)5/h11H,6-10H2,1-5H3,(H,17,19)(H3,15,16,18). The van der Waals surface area contributed by atoms with E-state index < -0.39 is 11.7 Å². The molecule has 0 aliphatic heterocycles. The highest BCUT2D eigenvalue weighted by molar-refractivity contribution is 5.78. The van der Waals surface area contributed by atoms with Crippen molar-refractivity contribution in [2.45, 2.75) is 65.5 Å². The van der Waals surface area contributed by atoms with E-state index in [1.54, 1.807) is 0 Å². The fourth-order valence-corrected chi connectivity index (χ4v) is 1.62. The van der Waals surface area contributed by atoms with Crippen molar-refractivity contribution in [2.24, 2.45) is 10.7 Å². The molecule has 0 saturated heterocycles. The van der Waals surface area contributed by atoms with Crippen LogP contribution in [0, 0.1) is 0 Å². The molecule has 0 aliphatic rings. The molecule has 0 spiro atoms. The third kappa shape index (κ3) is 10.5. The summed E-state index contributed by atoms with van der Waals surface area (Å²) in [7, 11) is 0. The smallest absolute Gasteiger partial charge is 0.407 e. The first-order valence-corrected chi connectivity index (χ1v) is 7.31. The fraction of sp³-hybridized carbons (Fsp3) is 0.857. The van der Waals surface area contributed by atoms with Gasteiger partial charge in [-0.2, -0.15) is 0 Å². The van der Waals surface area contributed by atoms with Gasteiger partial charge in [-0.1, -0.05) is 19.8 Å². The SMILES string of the molecule is CCCCC(CNC(=O)OC(C)(C)C)NC(N)=NCC. The Kier molecular flexibility index (Phi) is 8.76. The van der Waals surface area contributed by atoms with E-state index in [1.165, 1.54) is 0 Å². The van der Waals surface area contributed by atoms with Crippen LogP contribution in [0.2, 0.25) is 0 Å². The lowest BCUT2D eigenvalue weighted by Crippen LogP contribution is -2.47. The van der Waals surface area contributed by atoms with Crippen molar-refractivity contribution in [1.29, 1.82) is 0 Å². The van der Waals surface area contributed by atoms with Crippen LogP contribution in [-0.2, 0) is 4.74 Å². The maximum Gasteiger partial charge on any atom is 0.407 e. The summed E-state index contributed by atoms with van der Waals surface area (Å²) in [5, 5.41) is 5.89. The number of aliphatic imine (C=N–C) groups is 1. The average Bonchev–Trinajstić information content (AvgIpc) is 2.30. The van der Waals surface area contributed by atoms with Gasteiger partial charge in [-0.05, 0) is 34.1 Å². The molecule has 20 heavy (non-hydrogen) atoms. The van der Waals surface area contributed by atoms with Gasteiger partial charge in [-0.15, -0.1) is 0 Å². The molecule has 0 saturated carbocycles. The highest BCUT2D eigenvalue weighted by Gasteiger charge is 2.17. The Morgan fingerprint density at radius 3 is 2.50 bits per heavy atom. The molecule has 0 aromatic rings. The van der Waals surface area contributed by atoms with E-state index in [-0.39, 0.29) is 6.04 Å². The molecule has 0 aromatic heterocycles. The van der Waals surface area contributed by atoms with Crippen LogP contribution in [0.1, 0.15) is 53.9 Å². The second-order valence-electron chi connectivity index (χ2n) is 5.73. The number of hydrogen-bond donors (Lipinski definition) is 3. The zero-order valence-electron chi connectivity index (χ0n) is 13.5. The molecule has 4 N–H and O–H groups in total. The summed E-state index contributed by atoms with van der Waals surface area (Å²) in [6.07, 6.45) is 2.67. The van der Waals surface area contributed by atoms with Gasteiger partial charge in [0.2, 0.25) is 0 Å². The van der Waals surface area contributed by atoms with Crippen LogP contribution in [0.5, 0.6) is 0 Å². The Hall–Kier alpha value is -1.46. The molecule has 0 radical (unpaired) electrons. The number of carbonyl (C=O) groups excluding carboxylic acids is 1. The van der Waals surface area contributed by atoms with E-state index in [0.717, 1.165) is 19.3 Å². The van der Waals surface area contributed by atoms with E-state index in [2.05, 4.69) is 22.5 Å². The minimum atomic E-state index is -0.487. The Morgan fingerprint density at radius 2 is 2.00 bits per heavy atom. The summed E-state index contributed by atoms with van der Waals surface area (Å²) in [5.74, 6) is 0.416. The Morgan fingerprint density at radius 1 is 1.35 bits per heavy atom. The van der Waals surface area contributed by atoms with Crippen LogP contribution in [-0.4, -0.2) is 36.8 Å². The highest BCUT2D eigenvalue weighted by atomic mass is 16.6. The number of guanidine groups is 1. The summed E-state index contributed by atoms with van der Waals surface area (Å²) in [4.78, 5) is 15.7. The van der Waals surface area contributed by atoms with E-state index in [1.807, 2.05) is 27.7 Å². The lowest BCUT2D eigenvalue weighted by atomic mass is 10.1. The van der Waals surface area contributed by atoms with Crippen molar-refractivity contribution in [2.75, 3.05) is 13.1 Å².